The van der Waals surface area contributed by atoms with Gasteiger partial charge in [-0.25, -0.2) is 9.59 Å². The van der Waals surface area contributed by atoms with Crippen molar-refractivity contribution in [1.82, 2.24) is 15.5 Å². The van der Waals surface area contributed by atoms with Gasteiger partial charge < -0.3 is 24.4 Å². The molecule has 1 aliphatic heterocycles. The minimum atomic E-state index is -0.717. The topological polar surface area (TPSA) is 123 Å². The molecule has 1 aliphatic rings. The predicted octanol–water partition coefficient (Wildman–Crippen LogP) is 3.77. The lowest BCUT2D eigenvalue weighted by Gasteiger charge is -2.30. The summed E-state index contributed by atoms with van der Waals surface area (Å²) in [6.45, 7) is 2.97. The molecule has 10 heteroatoms. The largest absolute Gasteiger partial charge is 0.467 e. The lowest BCUT2D eigenvalue weighted by atomic mass is 10.0. The molecule has 1 fully saturated rings. The van der Waals surface area contributed by atoms with Crippen LogP contribution < -0.4 is 10.6 Å². The highest BCUT2D eigenvalue weighted by atomic mass is 16.5. The van der Waals surface area contributed by atoms with E-state index < -0.39 is 36.2 Å². The zero-order chi connectivity index (χ0) is 30.2. The van der Waals surface area contributed by atoms with Crippen LogP contribution in [0.3, 0.4) is 0 Å². The van der Waals surface area contributed by atoms with Crippen LogP contribution in [0.25, 0.3) is 0 Å². The Morgan fingerprint density at radius 2 is 1.60 bits per heavy atom. The van der Waals surface area contributed by atoms with E-state index in [2.05, 4.69) is 10.6 Å². The monoisotopic (exact) mass is 581 g/mol. The molecule has 0 bridgehead atoms. The maximum absolute atomic E-state index is 13.8. The molecule has 42 heavy (non-hydrogen) atoms. The van der Waals surface area contributed by atoms with Gasteiger partial charge in [0.1, 0.15) is 18.7 Å². The fourth-order valence-electron chi connectivity index (χ4n) is 5.04. The van der Waals surface area contributed by atoms with Gasteiger partial charge in [0.2, 0.25) is 5.91 Å². The van der Waals surface area contributed by atoms with E-state index in [0.29, 0.717) is 58.0 Å². The van der Waals surface area contributed by atoms with Crippen LogP contribution in [0.1, 0.15) is 56.6 Å². The Hall–Kier alpha value is -3.92. The number of ether oxygens (including phenoxy) is 3. The van der Waals surface area contributed by atoms with Gasteiger partial charge in [0, 0.05) is 13.1 Å². The number of hydrogen-bond acceptors (Lipinski definition) is 8. The maximum Gasteiger partial charge on any atom is 0.407 e. The first-order valence-corrected chi connectivity index (χ1v) is 14.7. The SMILES string of the molecule is CCOC(=O)[C@H](CCc1ccccc1)N[C@@H](CCCCNC(=O)OCc1ccccc1)C(=O)N1CCC[C@H]1C(=O)OC. The van der Waals surface area contributed by atoms with E-state index >= 15 is 0 Å². The van der Waals surface area contributed by atoms with Gasteiger partial charge in [-0.3, -0.25) is 14.9 Å². The number of esters is 2. The van der Waals surface area contributed by atoms with Crippen molar-refractivity contribution in [3.05, 3.63) is 71.8 Å². The summed E-state index contributed by atoms with van der Waals surface area (Å²) in [7, 11) is 1.32. The molecule has 0 aliphatic carbocycles. The van der Waals surface area contributed by atoms with E-state index in [0.717, 1.165) is 11.1 Å². The van der Waals surface area contributed by atoms with Gasteiger partial charge in [0.05, 0.1) is 19.8 Å². The molecule has 2 amide bonds. The second kappa shape index (κ2) is 17.8. The van der Waals surface area contributed by atoms with Crippen LogP contribution in [-0.4, -0.2) is 73.8 Å². The number of amides is 2. The molecule has 0 unspecified atom stereocenters. The first-order chi connectivity index (χ1) is 20.4. The molecule has 10 nitrogen and oxygen atoms in total. The van der Waals surface area contributed by atoms with E-state index in [4.69, 9.17) is 14.2 Å². The molecule has 0 aromatic heterocycles. The Bertz CT molecular complexity index is 1130. The Labute approximate surface area is 248 Å². The van der Waals surface area contributed by atoms with E-state index in [9.17, 15) is 19.2 Å². The van der Waals surface area contributed by atoms with Crippen LogP contribution in [0.5, 0.6) is 0 Å². The zero-order valence-corrected chi connectivity index (χ0v) is 24.6. The highest BCUT2D eigenvalue weighted by Gasteiger charge is 2.38. The molecular formula is C32H43N3O7. The van der Waals surface area contributed by atoms with Crippen LogP contribution >= 0.6 is 0 Å². The summed E-state index contributed by atoms with van der Waals surface area (Å²) in [6, 6.07) is 17.2. The number of likely N-dealkylation sites (tertiary alicyclic amines) is 1. The van der Waals surface area contributed by atoms with Crippen LogP contribution in [0.2, 0.25) is 0 Å². The van der Waals surface area contributed by atoms with Crippen LogP contribution in [0.15, 0.2) is 60.7 Å². The fourth-order valence-corrected chi connectivity index (χ4v) is 5.04. The summed E-state index contributed by atoms with van der Waals surface area (Å²) in [4.78, 5) is 52.7. The van der Waals surface area contributed by atoms with Crippen molar-refractivity contribution in [3.8, 4) is 0 Å². The van der Waals surface area contributed by atoms with Gasteiger partial charge in [-0.05, 0) is 63.0 Å². The van der Waals surface area contributed by atoms with Crippen molar-refractivity contribution in [3.63, 3.8) is 0 Å². The van der Waals surface area contributed by atoms with Gasteiger partial charge in [0.25, 0.3) is 0 Å². The summed E-state index contributed by atoms with van der Waals surface area (Å²) in [5.74, 6) is -1.10. The lowest BCUT2D eigenvalue weighted by Crippen LogP contribution is -2.54. The van der Waals surface area contributed by atoms with E-state index in [1.165, 1.54) is 7.11 Å². The number of carbonyl (C=O) groups is 4. The van der Waals surface area contributed by atoms with Gasteiger partial charge in [0.15, 0.2) is 0 Å². The number of hydrogen-bond donors (Lipinski definition) is 2. The number of alkyl carbamates (subject to hydrolysis) is 1. The van der Waals surface area contributed by atoms with Gasteiger partial charge >= 0.3 is 18.0 Å². The average molecular weight is 582 g/mol. The number of aryl methyl sites for hydroxylation is 1. The van der Waals surface area contributed by atoms with Gasteiger partial charge in [-0.15, -0.1) is 0 Å². The van der Waals surface area contributed by atoms with E-state index in [-0.39, 0.29) is 19.1 Å². The van der Waals surface area contributed by atoms with Crippen molar-refractivity contribution >= 4 is 23.9 Å². The number of nitrogens with zero attached hydrogens (tertiary/aromatic N) is 1. The zero-order valence-electron chi connectivity index (χ0n) is 24.6. The first-order valence-electron chi connectivity index (χ1n) is 14.7. The minimum Gasteiger partial charge on any atom is -0.467 e. The van der Waals surface area contributed by atoms with Crippen molar-refractivity contribution in [1.29, 1.82) is 0 Å². The third-order valence-corrected chi connectivity index (χ3v) is 7.25. The third kappa shape index (κ3) is 10.5. The third-order valence-electron chi connectivity index (χ3n) is 7.25. The standard InChI is InChI=1S/C32H43N3O7/c1-3-41-30(37)27(20-19-24-13-6-4-7-14-24)34-26(29(36)35-22-12-18-28(35)31(38)40-2)17-10-11-21-33-32(39)42-23-25-15-8-5-9-16-25/h4-9,13-16,26-28,34H,3,10-12,17-23H2,1-2H3,(H,33,39)/t26-,27-,28-/m0/s1. The Morgan fingerprint density at radius 3 is 2.26 bits per heavy atom. The van der Waals surface area contributed by atoms with Crippen molar-refractivity contribution in [2.45, 2.75) is 76.6 Å². The molecule has 3 atom stereocenters. The second-order valence-corrected chi connectivity index (χ2v) is 10.2. The molecule has 3 rings (SSSR count). The molecule has 0 radical (unpaired) electrons. The van der Waals surface area contributed by atoms with Gasteiger partial charge in [-0.2, -0.15) is 0 Å². The summed E-state index contributed by atoms with van der Waals surface area (Å²) in [6.07, 6.45) is 3.39. The molecule has 2 aromatic carbocycles. The molecule has 1 saturated heterocycles. The molecule has 0 spiro atoms. The Balaban J connectivity index is 1.61. The Kier molecular flexibility index (Phi) is 13.8. The number of unbranched alkanes of at least 4 members (excludes halogenated alkanes) is 1. The predicted molar refractivity (Wildman–Crippen MR) is 157 cm³/mol. The highest BCUT2D eigenvalue weighted by Crippen LogP contribution is 2.21. The van der Waals surface area contributed by atoms with Crippen molar-refractivity contribution in [2.24, 2.45) is 0 Å². The van der Waals surface area contributed by atoms with Crippen molar-refractivity contribution < 1.29 is 33.4 Å². The fraction of sp³-hybridized carbons (Fsp3) is 0.500. The number of benzene rings is 2. The van der Waals surface area contributed by atoms with E-state index in [1.807, 2.05) is 60.7 Å². The number of methoxy groups -OCH3 is 1. The first kappa shape index (κ1) is 32.6. The smallest absolute Gasteiger partial charge is 0.407 e. The van der Waals surface area contributed by atoms with Gasteiger partial charge in [-0.1, -0.05) is 60.7 Å². The lowest BCUT2D eigenvalue weighted by molar-refractivity contribution is -0.152. The molecule has 228 valence electrons. The number of carbonyl (C=O) groups excluding carboxylic acids is 4. The van der Waals surface area contributed by atoms with Crippen LogP contribution in [0, 0.1) is 0 Å². The summed E-state index contributed by atoms with van der Waals surface area (Å²) in [5, 5.41) is 6.01. The number of rotatable bonds is 16. The highest BCUT2D eigenvalue weighted by molar-refractivity contribution is 5.88. The molecule has 2 aromatic rings. The minimum absolute atomic E-state index is 0.183. The molecule has 0 saturated carbocycles. The number of nitrogens with one attached hydrogen (secondary N) is 2. The normalized spacial score (nSPS) is 15.9. The quantitative estimate of drug-likeness (QED) is 0.175. The van der Waals surface area contributed by atoms with Crippen LogP contribution in [-0.2, 0) is 41.6 Å². The summed E-state index contributed by atoms with van der Waals surface area (Å²) in [5.41, 5.74) is 1.97. The maximum atomic E-state index is 13.8. The molecule has 1 heterocycles. The second-order valence-electron chi connectivity index (χ2n) is 10.2. The van der Waals surface area contributed by atoms with Crippen LogP contribution in [0.4, 0.5) is 4.79 Å². The summed E-state index contributed by atoms with van der Waals surface area (Å²) < 4.78 is 15.5. The van der Waals surface area contributed by atoms with E-state index in [1.54, 1.807) is 11.8 Å². The average Bonchev–Trinajstić information content (AvgIpc) is 3.51. The molecular weight excluding hydrogens is 538 g/mol. The van der Waals surface area contributed by atoms with Crippen molar-refractivity contribution in [2.75, 3.05) is 26.8 Å². The Morgan fingerprint density at radius 1 is 0.905 bits per heavy atom. The summed E-state index contributed by atoms with van der Waals surface area (Å²) >= 11 is 0. The molecule has 2 N–H and O–H groups in total.